The fourth-order valence-corrected chi connectivity index (χ4v) is 3.20. The first-order valence-corrected chi connectivity index (χ1v) is 9.20. The van der Waals surface area contributed by atoms with Gasteiger partial charge in [-0.15, -0.1) is 0 Å². The summed E-state index contributed by atoms with van der Waals surface area (Å²) in [4.78, 5) is 27.8. The van der Waals surface area contributed by atoms with E-state index in [1.807, 2.05) is 41.2 Å². The van der Waals surface area contributed by atoms with Crippen molar-refractivity contribution in [2.75, 3.05) is 6.61 Å². The van der Waals surface area contributed by atoms with Gasteiger partial charge in [0, 0.05) is 24.6 Å². The molecular formula is C21H24N4O3. The lowest BCUT2D eigenvalue weighted by Crippen LogP contribution is -2.24. The van der Waals surface area contributed by atoms with Crippen molar-refractivity contribution < 1.29 is 14.3 Å². The maximum atomic E-state index is 12.7. The molecule has 1 amide bonds. The monoisotopic (exact) mass is 380 g/mol. The Morgan fingerprint density at radius 2 is 1.93 bits per heavy atom. The van der Waals surface area contributed by atoms with Gasteiger partial charge in [0.25, 0.3) is 5.91 Å². The second-order valence-corrected chi connectivity index (χ2v) is 6.50. The van der Waals surface area contributed by atoms with Crippen LogP contribution in [-0.4, -0.2) is 33.2 Å². The van der Waals surface area contributed by atoms with E-state index in [1.54, 1.807) is 27.0 Å². The molecule has 2 aromatic heterocycles. The normalized spacial score (nSPS) is 10.7. The van der Waals surface area contributed by atoms with Gasteiger partial charge in [0.2, 0.25) is 0 Å². The Labute approximate surface area is 163 Å². The predicted octanol–water partition coefficient (Wildman–Crippen LogP) is 2.98. The van der Waals surface area contributed by atoms with Gasteiger partial charge in [-0.05, 0) is 43.5 Å². The van der Waals surface area contributed by atoms with Gasteiger partial charge in [-0.25, -0.2) is 4.79 Å². The van der Waals surface area contributed by atoms with Gasteiger partial charge in [-0.3, -0.25) is 9.48 Å². The first-order valence-electron chi connectivity index (χ1n) is 9.20. The zero-order chi connectivity index (χ0) is 20.1. The third kappa shape index (κ3) is 4.14. The summed E-state index contributed by atoms with van der Waals surface area (Å²) in [6, 6.07) is 9.79. The predicted molar refractivity (Wildman–Crippen MR) is 105 cm³/mol. The summed E-state index contributed by atoms with van der Waals surface area (Å²) in [5, 5.41) is 7.17. The van der Waals surface area contributed by atoms with Crippen molar-refractivity contribution in [3.05, 3.63) is 76.4 Å². The number of amides is 1. The number of esters is 1. The highest BCUT2D eigenvalue weighted by Crippen LogP contribution is 2.19. The zero-order valence-electron chi connectivity index (χ0n) is 16.3. The smallest absolute Gasteiger partial charge is 0.340 e. The van der Waals surface area contributed by atoms with Crippen molar-refractivity contribution in [1.29, 1.82) is 0 Å². The standard InChI is InChI=1S/C21H24N4O3/c1-4-28-21(27)18-14(2)19(24-15(18)3)20(26)22-12-16-8-5-6-9-17(16)13-25-11-7-10-23-25/h5-11,24H,4,12-13H2,1-3H3,(H,22,26). The number of hydrogen-bond acceptors (Lipinski definition) is 4. The Balaban J connectivity index is 1.73. The molecule has 0 bridgehead atoms. The minimum Gasteiger partial charge on any atom is -0.462 e. The summed E-state index contributed by atoms with van der Waals surface area (Å²) < 4.78 is 6.92. The van der Waals surface area contributed by atoms with Gasteiger partial charge in [-0.2, -0.15) is 5.10 Å². The van der Waals surface area contributed by atoms with Crippen LogP contribution in [0.25, 0.3) is 0 Å². The molecule has 146 valence electrons. The number of ether oxygens (including phenoxy) is 1. The van der Waals surface area contributed by atoms with Crippen LogP contribution >= 0.6 is 0 Å². The number of aryl methyl sites for hydroxylation is 1. The van der Waals surface area contributed by atoms with Crippen molar-refractivity contribution in [3.8, 4) is 0 Å². The van der Waals surface area contributed by atoms with Crippen LogP contribution in [0.3, 0.4) is 0 Å². The Bertz CT molecular complexity index is 974. The van der Waals surface area contributed by atoms with Crippen molar-refractivity contribution >= 4 is 11.9 Å². The number of nitrogens with zero attached hydrogens (tertiary/aromatic N) is 2. The summed E-state index contributed by atoms with van der Waals surface area (Å²) in [6.07, 6.45) is 3.64. The summed E-state index contributed by atoms with van der Waals surface area (Å²) in [5.74, 6) is -0.678. The number of hydrogen-bond donors (Lipinski definition) is 2. The maximum Gasteiger partial charge on any atom is 0.340 e. The molecule has 0 saturated heterocycles. The molecule has 28 heavy (non-hydrogen) atoms. The molecule has 0 spiro atoms. The lowest BCUT2D eigenvalue weighted by molar-refractivity contribution is 0.0525. The van der Waals surface area contributed by atoms with Gasteiger partial charge in [0.15, 0.2) is 0 Å². The van der Waals surface area contributed by atoms with Crippen LogP contribution in [0.2, 0.25) is 0 Å². The molecule has 0 aliphatic rings. The second-order valence-electron chi connectivity index (χ2n) is 6.50. The van der Waals surface area contributed by atoms with E-state index in [2.05, 4.69) is 15.4 Å². The molecular weight excluding hydrogens is 356 g/mol. The van der Waals surface area contributed by atoms with Gasteiger partial charge in [0.1, 0.15) is 5.69 Å². The van der Waals surface area contributed by atoms with Crippen LogP contribution < -0.4 is 5.32 Å². The summed E-state index contributed by atoms with van der Waals surface area (Å²) in [7, 11) is 0. The van der Waals surface area contributed by atoms with E-state index in [-0.39, 0.29) is 12.5 Å². The van der Waals surface area contributed by atoms with E-state index < -0.39 is 5.97 Å². The maximum absolute atomic E-state index is 12.7. The molecule has 0 unspecified atom stereocenters. The van der Waals surface area contributed by atoms with Gasteiger partial charge in [-0.1, -0.05) is 24.3 Å². The highest BCUT2D eigenvalue weighted by molar-refractivity contribution is 6.00. The van der Waals surface area contributed by atoms with Crippen LogP contribution in [0.15, 0.2) is 42.7 Å². The highest BCUT2D eigenvalue weighted by Gasteiger charge is 2.22. The number of nitrogens with one attached hydrogen (secondary N) is 2. The van der Waals surface area contributed by atoms with Gasteiger partial charge in [0.05, 0.1) is 18.7 Å². The van der Waals surface area contributed by atoms with E-state index in [4.69, 9.17) is 4.74 Å². The Hall–Kier alpha value is -3.35. The molecule has 0 radical (unpaired) electrons. The zero-order valence-corrected chi connectivity index (χ0v) is 16.3. The number of benzene rings is 1. The third-order valence-electron chi connectivity index (χ3n) is 4.59. The number of aromatic nitrogens is 3. The van der Waals surface area contributed by atoms with E-state index in [0.717, 1.165) is 11.1 Å². The number of H-pyrrole nitrogens is 1. The molecule has 0 saturated carbocycles. The summed E-state index contributed by atoms with van der Waals surface area (Å²) >= 11 is 0. The molecule has 1 aromatic carbocycles. The van der Waals surface area contributed by atoms with E-state index in [1.165, 1.54) is 0 Å². The molecule has 3 rings (SSSR count). The van der Waals surface area contributed by atoms with E-state index in [9.17, 15) is 9.59 Å². The lowest BCUT2D eigenvalue weighted by Gasteiger charge is -2.11. The molecule has 0 aliphatic carbocycles. The molecule has 0 fully saturated rings. The van der Waals surface area contributed by atoms with Gasteiger partial charge >= 0.3 is 5.97 Å². The summed E-state index contributed by atoms with van der Waals surface area (Å²) in [5.41, 5.74) is 4.12. The number of carbonyl (C=O) groups is 2. The van der Waals surface area contributed by atoms with Crippen molar-refractivity contribution in [2.45, 2.75) is 33.9 Å². The van der Waals surface area contributed by atoms with Crippen LogP contribution in [-0.2, 0) is 17.8 Å². The van der Waals surface area contributed by atoms with Crippen LogP contribution in [0, 0.1) is 13.8 Å². The molecule has 7 nitrogen and oxygen atoms in total. The molecule has 2 heterocycles. The molecule has 2 N–H and O–H groups in total. The van der Waals surface area contributed by atoms with E-state index in [0.29, 0.717) is 35.6 Å². The molecule has 0 atom stereocenters. The topological polar surface area (TPSA) is 89.0 Å². The van der Waals surface area contributed by atoms with E-state index >= 15 is 0 Å². The average molecular weight is 380 g/mol. The highest BCUT2D eigenvalue weighted by atomic mass is 16.5. The number of carbonyl (C=O) groups excluding carboxylic acids is 2. The van der Waals surface area contributed by atoms with Crippen molar-refractivity contribution in [2.24, 2.45) is 0 Å². The largest absolute Gasteiger partial charge is 0.462 e. The Morgan fingerprint density at radius 3 is 2.61 bits per heavy atom. The van der Waals surface area contributed by atoms with Gasteiger partial charge < -0.3 is 15.0 Å². The minimum absolute atomic E-state index is 0.259. The van der Waals surface area contributed by atoms with Crippen LogP contribution in [0.5, 0.6) is 0 Å². The first kappa shape index (κ1) is 19.4. The molecule has 0 aliphatic heterocycles. The lowest BCUT2D eigenvalue weighted by atomic mass is 10.1. The SMILES string of the molecule is CCOC(=O)c1c(C)[nH]c(C(=O)NCc2ccccc2Cn2cccn2)c1C. The van der Waals surface area contributed by atoms with Crippen molar-refractivity contribution in [1.82, 2.24) is 20.1 Å². The Kier molecular flexibility index (Phi) is 5.93. The Morgan fingerprint density at radius 1 is 1.18 bits per heavy atom. The number of rotatable bonds is 7. The fourth-order valence-electron chi connectivity index (χ4n) is 3.20. The summed E-state index contributed by atoms with van der Waals surface area (Å²) in [6.45, 7) is 6.56. The molecule has 3 aromatic rings. The van der Waals surface area contributed by atoms with Crippen LogP contribution in [0.4, 0.5) is 0 Å². The third-order valence-corrected chi connectivity index (χ3v) is 4.59. The second kappa shape index (κ2) is 8.56. The minimum atomic E-state index is -0.419. The first-order chi connectivity index (χ1) is 13.5. The van der Waals surface area contributed by atoms with Crippen molar-refractivity contribution in [3.63, 3.8) is 0 Å². The quantitative estimate of drug-likeness (QED) is 0.617. The average Bonchev–Trinajstić information content (AvgIpc) is 3.28. The number of aromatic amines is 1. The fraction of sp³-hybridized carbons (Fsp3) is 0.286. The van der Waals surface area contributed by atoms with Crippen LogP contribution in [0.1, 0.15) is 50.2 Å². The molecule has 7 heteroatoms.